The number of nitrogens with zero attached hydrogens (tertiary/aromatic N) is 1. The lowest BCUT2D eigenvalue weighted by atomic mass is 9.98. The van der Waals surface area contributed by atoms with E-state index in [1.54, 1.807) is 31.4 Å². The molecule has 2 heterocycles. The number of carbonyl (C=O) groups excluding carboxylic acids is 1. The quantitative estimate of drug-likeness (QED) is 0.585. The molecular formula is C26H32N2O5. The lowest BCUT2D eigenvalue weighted by Crippen LogP contribution is -2.45. The monoisotopic (exact) mass is 452 g/mol. The molecule has 7 heteroatoms. The lowest BCUT2D eigenvalue weighted by Gasteiger charge is -2.38. The van der Waals surface area contributed by atoms with Gasteiger partial charge in [0.25, 0.3) is 0 Å². The van der Waals surface area contributed by atoms with Gasteiger partial charge in [0.05, 0.1) is 7.11 Å². The molecule has 1 fully saturated rings. The maximum atomic E-state index is 12.4. The summed E-state index contributed by atoms with van der Waals surface area (Å²) in [5.41, 5.74) is 1.50. The molecule has 2 aliphatic heterocycles. The third kappa shape index (κ3) is 5.79. The van der Waals surface area contributed by atoms with E-state index >= 15 is 0 Å². The summed E-state index contributed by atoms with van der Waals surface area (Å²) in [5, 5.41) is 2.88. The normalized spacial score (nSPS) is 20.1. The van der Waals surface area contributed by atoms with Crippen molar-refractivity contribution in [1.29, 1.82) is 0 Å². The van der Waals surface area contributed by atoms with Crippen LogP contribution in [0.4, 0.5) is 5.69 Å². The largest absolute Gasteiger partial charge is 0.493 e. The van der Waals surface area contributed by atoms with Gasteiger partial charge in [0, 0.05) is 36.5 Å². The number of anilines is 1. The number of ether oxygens (including phenoxy) is 4. The summed E-state index contributed by atoms with van der Waals surface area (Å²) in [7, 11) is 1.61. The molecular weight excluding hydrogens is 420 g/mol. The summed E-state index contributed by atoms with van der Waals surface area (Å²) in [6, 6.07) is 12.1. The van der Waals surface area contributed by atoms with Gasteiger partial charge in [-0.3, -0.25) is 9.69 Å². The zero-order valence-electron chi connectivity index (χ0n) is 19.5. The first-order chi connectivity index (χ1) is 16.0. The first-order valence-electron chi connectivity index (χ1n) is 11.5. The Kier molecular flexibility index (Phi) is 7.40. The van der Waals surface area contributed by atoms with Gasteiger partial charge in [-0.05, 0) is 62.6 Å². The minimum absolute atomic E-state index is 0.223. The summed E-state index contributed by atoms with van der Waals surface area (Å²) in [6.45, 7) is 6.21. The molecule has 0 spiro atoms. The molecule has 1 saturated heterocycles. The van der Waals surface area contributed by atoms with Crippen molar-refractivity contribution in [2.75, 3.05) is 32.4 Å². The SMILES string of the molecule is COc1ccc(NC(=O)C=Cc2ccc3c(c2)OCO3)cc1OCCN1[C@H](C)CCC[C@@H]1C. The number of carbonyl (C=O) groups is 1. The van der Waals surface area contributed by atoms with E-state index < -0.39 is 0 Å². The van der Waals surface area contributed by atoms with Crippen LogP contribution < -0.4 is 24.3 Å². The van der Waals surface area contributed by atoms with Crippen LogP contribution in [0.3, 0.4) is 0 Å². The fourth-order valence-corrected chi connectivity index (χ4v) is 4.42. The van der Waals surface area contributed by atoms with E-state index in [1.165, 1.54) is 25.3 Å². The molecule has 176 valence electrons. The van der Waals surface area contributed by atoms with E-state index in [4.69, 9.17) is 18.9 Å². The Morgan fingerprint density at radius 2 is 1.88 bits per heavy atom. The number of likely N-dealkylation sites (tertiary alicyclic amines) is 1. The standard InChI is InChI=1S/C26H32N2O5/c1-18-5-4-6-19(2)28(18)13-14-31-25-16-21(9-11-22(25)30-3)27-26(29)12-8-20-7-10-23-24(15-20)33-17-32-23/h7-12,15-16,18-19H,4-6,13-14,17H2,1-3H3,(H,27,29)/t18-,19+. The molecule has 4 rings (SSSR count). The average molecular weight is 453 g/mol. The van der Waals surface area contributed by atoms with E-state index in [2.05, 4.69) is 24.1 Å². The maximum absolute atomic E-state index is 12.4. The Balaban J connectivity index is 1.35. The third-order valence-electron chi connectivity index (χ3n) is 6.24. The van der Waals surface area contributed by atoms with Gasteiger partial charge >= 0.3 is 0 Å². The van der Waals surface area contributed by atoms with Gasteiger partial charge in [0.1, 0.15) is 6.61 Å². The van der Waals surface area contributed by atoms with Crippen LogP contribution >= 0.6 is 0 Å². The Morgan fingerprint density at radius 1 is 1.09 bits per heavy atom. The molecule has 1 amide bonds. The van der Waals surface area contributed by atoms with Crippen LogP contribution in [0.5, 0.6) is 23.0 Å². The van der Waals surface area contributed by atoms with Crippen molar-refractivity contribution in [3.05, 3.63) is 48.0 Å². The van der Waals surface area contributed by atoms with Crippen molar-refractivity contribution in [3.8, 4) is 23.0 Å². The predicted molar refractivity (Wildman–Crippen MR) is 128 cm³/mol. The number of fused-ring (bicyclic) bond motifs is 1. The van der Waals surface area contributed by atoms with Crippen LogP contribution in [-0.4, -0.2) is 49.9 Å². The average Bonchev–Trinajstić information content (AvgIpc) is 3.28. The molecule has 0 saturated carbocycles. The molecule has 2 atom stereocenters. The zero-order valence-corrected chi connectivity index (χ0v) is 19.5. The van der Waals surface area contributed by atoms with Crippen molar-refractivity contribution >= 4 is 17.7 Å². The van der Waals surface area contributed by atoms with E-state index in [1.807, 2.05) is 18.2 Å². The van der Waals surface area contributed by atoms with Gasteiger partial charge in [-0.25, -0.2) is 0 Å². The van der Waals surface area contributed by atoms with E-state index in [-0.39, 0.29) is 12.7 Å². The number of benzene rings is 2. The van der Waals surface area contributed by atoms with E-state index in [0.29, 0.717) is 47.4 Å². The molecule has 2 aromatic carbocycles. The third-order valence-corrected chi connectivity index (χ3v) is 6.24. The van der Waals surface area contributed by atoms with Gasteiger partial charge in [-0.2, -0.15) is 0 Å². The summed E-state index contributed by atoms with van der Waals surface area (Å²) >= 11 is 0. The van der Waals surface area contributed by atoms with Crippen LogP contribution in [-0.2, 0) is 4.79 Å². The minimum Gasteiger partial charge on any atom is -0.493 e. The summed E-state index contributed by atoms with van der Waals surface area (Å²) < 4.78 is 22.2. The molecule has 0 radical (unpaired) electrons. The fourth-order valence-electron chi connectivity index (χ4n) is 4.42. The van der Waals surface area contributed by atoms with Crippen molar-refractivity contribution in [2.45, 2.75) is 45.2 Å². The van der Waals surface area contributed by atoms with Gasteiger partial charge in [-0.15, -0.1) is 0 Å². The molecule has 0 aliphatic carbocycles. The topological polar surface area (TPSA) is 69.3 Å². The number of nitrogens with one attached hydrogen (secondary N) is 1. The van der Waals surface area contributed by atoms with Crippen molar-refractivity contribution in [3.63, 3.8) is 0 Å². The van der Waals surface area contributed by atoms with Gasteiger partial charge < -0.3 is 24.3 Å². The van der Waals surface area contributed by atoms with Crippen LogP contribution in [0.15, 0.2) is 42.5 Å². The number of hydrogen-bond acceptors (Lipinski definition) is 6. The highest BCUT2D eigenvalue weighted by atomic mass is 16.7. The second-order valence-corrected chi connectivity index (χ2v) is 8.52. The molecule has 2 aliphatic rings. The summed E-state index contributed by atoms with van der Waals surface area (Å²) in [4.78, 5) is 14.9. The molecule has 2 aromatic rings. The van der Waals surface area contributed by atoms with Crippen LogP contribution in [0.25, 0.3) is 6.08 Å². The zero-order chi connectivity index (χ0) is 23.2. The Labute approximate surface area is 195 Å². The Bertz CT molecular complexity index is 996. The Morgan fingerprint density at radius 3 is 2.67 bits per heavy atom. The predicted octanol–water partition coefficient (Wildman–Crippen LogP) is 4.72. The van der Waals surface area contributed by atoms with Gasteiger partial charge in [0.15, 0.2) is 23.0 Å². The molecule has 0 aromatic heterocycles. The molecule has 1 N–H and O–H groups in total. The highest BCUT2D eigenvalue weighted by molar-refractivity contribution is 6.02. The van der Waals surface area contributed by atoms with E-state index in [0.717, 1.165) is 12.1 Å². The fraction of sp³-hybridized carbons (Fsp3) is 0.423. The number of amides is 1. The molecule has 0 bridgehead atoms. The van der Waals surface area contributed by atoms with Crippen LogP contribution in [0.2, 0.25) is 0 Å². The number of piperidine rings is 1. The summed E-state index contributed by atoms with van der Waals surface area (Å²) in [5.74, 6) is 2.42. The summed E-state index contributed by atoms with van der Waals surface area (Å²) in [6.07, 6.45) is 6.98. The number of hydrogen-bond donors (Lipinski definition) is 1. The highest BCUT2D eigenvalue weighted by Crippen LogP contribution is 2.33. The molecule has 7 nitrogen and oxygen atoms in total. The van der Waals surface area contributed by atoms with Gasteiger partial charge in [0.2, 0.25) is 12.7 Å². The first-order valence-corrected chi connectivity index (χ1v) is 11.5. The number of methoxy groups -OCH3 is 1. The smallest absolute Gasteiger partial charge is 0.248 e. The van der Waals surface area contributed by atoms with Crippen molar-refractivity contribution in [1.82, 2.24) is 4.90 Å². The second-order valence-electron chi connectivity index (χ2n) is 8.52. The van der Waals surface area contributed by atoms with Crippen molar-refractivity contribution < 1.29 is 23.7 Å². The van der Waals surface area contributed by atoms with Gasteiger partial charge in [-0.1, -0.05) is 12.5 Å². The first kappa shape index (κ1) is 23.0. The lowest BCUT2D eigenvalue weighted by molar-refractivity contribution is -0.111. The van der Waals surface area contributed by atoms with Crippen molar-refractivity contribution in [2.24, 2.45) is 0 Å². The van der Waals surface area contributed by atoms with E-state index in [9.17, 15) is 4.79 Å². The maximum Gasteiger partial charge on any atom is 0.248 e. The number of rotatable bonds is 8. The highest BCUT2D eigenvalue weighted by Gasteiger charge is 2.24. The second kappa shape index (κ2) is 10.6. The molecule has 0 unspecified atom stereocenters. The molecule has 33 heavy (non-hydrogen) atoms. The minimum atomic E-state index is -0.236. The van der Waals surface area contributed by atoms with Crippen LogP contribution in [0.1, 0.15) is 38.7 Å². The Hall–Kier alpha value is -3.19. The van der Waals surface area contributed by atoms with Crippen LogP contribution in [0, 0.1) is 0 Å².